The van der Waals surface area contributed by atoms with Crippen LogP contribution in [-0.2, 0) is 39.0 Å². The van der Waals surface area contributed by atoms with Crippen LogP contribution >= 0.6 is 0 Å². The molecule has 0 saturated heterocycles. The van der Waals surface area contributed by atoms with Crippen molar-refractivity contribution in [3.05, 3.63) is 58.7 Å². The van der Waals surface area contributed by atoms with Crippen molar-refractivity contribution in [1.82, 2.24) is 31.1 Å². The van der Waals surface area contributed by atoms with E-state index in [-0.39, 0.29) is 49.9 Å². The number of aryl methyl sites for hydroxylation is 2. The Labute approximate surface area is 300 Å². The molecule has 14 nitrogen and oxygen atoms in total. The van der Waals surface area contributed by atoms with Gasteiger partial charge in [-0.3, -0.25) is 33.7 Å². The van der Waals surface area contributed by atoms with Crippen LogP contribution in [0.1, 0.15) is 71.1 Å². The predicted molar refractivity (Wildman–Crippen MR) is 192 cm³/mol. The highest BCUT2D eigenvalue weighted by molar-refractivity contribution is 6.12. The molecule has 0 aliphatic carbocycles. The maximum absolute atomic E-state index is 13.8. The SMILES string of the molecule is CN[C@H](C(=O)NC(C(=O)N(C)C/C=C(\C)C(=O)N[C@H](CCC(=O)NCCN1C(=O)C=CC1=O)C(=O)O)C(C)(C)C)C(C)(C)c1cc(C)cc(C)c1. The molecule has 1 aromatic carbocycles. The molecule has 0 spiro atoms. The Balaban J connectivity index is 2.02. The first-order chi connectivity index (χ1) is 23.6. The summed E-state index contributed by atoms with van der Waals surface area (Å²) in [5.41, 5.74) is 2.02. The van der Waals surface area contributed by atoms with Gasteiger partial charge in [-0.2, -0.15) is 0 Å². The fraction of sp³-hybridized carbons (Fsp3) is 0.541. The van der Waals surface area contributed by atoms with Crippen LogP contribution in [0.25, 0.3) is 0 Å². The summed E-state index contributed by atoms with van der Waals surface area (Å²) >= 11 is 0. The maximum atomic E-state index is 13.8. The molecule has 1 heterocycles. The summed E-state index contributed by atoms with van der Waals surface area (Å²) in [5.74, 6) is -4.19. The van der Waals surface area contributed by atoms with Crippen molar-refractivity contribution >= 4 is 41.4 Å². The lowest BCUT2D eigenvalue weighted by molar-refractivity contribution is -0.142. The summed E-state index contributed by atoms with van der Waals surface area (Å²) in [6.45, 7) is 15.0. The normalized spacial score (nSPS) is 15.3. The van der Waals surface area contributed by atoms with Gasteiger partial charge in [0.05, 0.1) is 6.04 Å². The third-order valence-corrected chi connectivity index (χ3v) is 8.87. The van der Waals surface area contributed by atoms with Gasteiger partial charge in [-0.1, -0.05) is 70.0 Å². The van der Waals surface area contributed by atoms with Crippen molar-refractivity contribution in [3.8, 4) is 0 Å². The number of carbonyl (C=O) groups excluding carboxylic acids is 6. The second kappa shape index (κ2) is 17.9. The van der Waals surface area contributed by atoms with E-state index in [1.807, 2.05) is 48.5 Å². The Kier molecular flexibility index (Phi) is 14.8. The van der Waals surface area contributed by atoms with Crippen LogP contribution in [0.15, 0.2) is 42.0 Å². The fourth-order valence-electron chi connectivity index (χ4n) is 5.74. The van der Waals surface area contributed by atoms with Gasteiger partial charge in [0.25, 0.3) is 11.8 Å². The Morgan fingerprint density at radius 1 is 0.922 bits per heavy atom. The summed E-state index contributed by atoms with van der Waals surface area (Å²) in [6.07, 6.45) is 3.31. The van der Waals surface area contributed by atoms with Crippen LogP contribution in [-0.4, -0.2) is 108 Å². The minimum atomic E-state index is -1.37. The van der Waals surface area contributed by atoms with Crippen molar-refractivity contribution < 1.29 is 38.7 Å². The lowest BCUT2D eigenvalue weighted by atomic mass is 9.76. The first-order valence-corrected chi connectivity index (χ1v) is 16.9. The Morgan fingerprint density at radius 3 is 2.00 bits per heavy atom. The molecule has 1 aromatic rings. The van der Waals surface area contributed by atoms with Gasteiger partial charge in [0, 0.05) is 56.2 Å². The van der Waals surface area contributed by atoms with Crippen LogP contribution in [0.4, 0.5) is 0 Å². The van der Waals surface area contributed by atoms with Gasteiger partial charge in [0.2, 0.25) is 23.6 Å². The van der Waals surface area contributed by atoms with Gasteiger partial charge in [-0.05, 0) is 45.2 Å². The lowest BCUT2D eigenvalue weighted by Gasteiger charge is -2.38. The van der Waals surface area contributed by atoms with E-state index in [4.69, 9.17) is 0 Å². The van der Waals surface area contributed by atoms with Crippen LogP contribution in [0.2, 0.25) is 0 Å². The van der Waals surface area contributed by atoms with Gasteiger partial charge < -0.3 is 31.3 Å². The number of nitrogens with zero attached hydrogens (tertiary/aromatic N) is 2. The molecule has 280 valence electrons. The summed E-state index contributed by atoms with van der Waals surface area (Å²) in [5, 5.41) is 20.7. The molecular formula is C37H54N6O8. The number of aliphatic carboxylic acids is 1. The van der Waals surface area contributed by atoms with Gasteiger partial charge in [0.15, 0.2) is 0 Å². The molecule has 3 atom stereocenters. The van der Waals surface area contributed by atoms with Gasteiger partial charge in [-0.25, -0.2) is 4.79 Å². The van der Waals surface area contributed by atoms with Gasteiger partial charge in [-0.15, -0.1) is 0 Å². The topological polar surface area (TPSA) is 194 Å². The summed E-state index contributed by atoms with van der Waals surface area (Å²) in [6, 6.07) is 3.24. The number of rotatable bonds is 17. The molecule has 51 heavy (non-hydrogen) atoms. The van der Waals surface area contributed by atoms with Crippen LogP contribution < -0.4 is 21.3 Å². The monoisotopic (exact) mass is 710 g/mol. The van der Waals surface area contributed by atoms with Crippen molar-refractivity contribution in [2.24, 2.45) is 5.41 Å². The van der Waals surface area contributed by atoms with E-state index in [1.165, 1.54) is 17.9 Å². The zero-order valence-corrected chi connectivity index (χ0v) is 31.4. The molecule has 5 N–H and O–H groups in total. The van der Waals surface area contributed by atoms with Crippen LogP contribution in [0, 0.1) is 19.3 Å². The van der Waals surface area contributed by atoms with E-state index in [0.29, 0.717) is 0 Å². The number of amides is 6. The summed E-state index contributed by atoms with van der Waals surface area (Å²) < 4.78 is 0. The average Bonchev–Trinajstić information content (AvgIpc) is 3.35. The van der Waals surface area contributed by atoms with E-state index in [0.717, 1.165) is 33.7 Å². The number of likely N-dealkylation sites (N-methyl/N-ethyl adjacent to an activating group) is 2. The number of benzene rings is 1. The molecule has 14 heteroatoms. The van der Waals surface area contributed by atoms with Crippen LogP contribution in [0.3, 0.4) is 0 Å². The zero-order chi connectivity index (χ0) is 38.8. The third kappa shape index (κ3) is 11.9. The first kappa shape index (κ1) is 42.3. The number of imide groups is 1. The van der Waals surface area contributed by atoms with Crippen molar-refractivity contribution in [1.29, 1.82) is 0 Å². The van der Waals surface area contributed by atoms with Crippen molar-refractivity contribution in [3.63, 3.8) is 0 Å². The molecule has 1 unspecified atom stereocenters. The highest BCUT2D eigenvalue weighted by Gasteiger charge is 2.41. The molecule has 0 radical (unpaired) electrons. The molecular weight excluding hydrogens is 656 g/mol. The largest absolute Gasteiger partial charge is 0.480 e. The molecule has 0 saturated carbocycles. The molecule has 1 aliphatic rings. The number of carboxylic acids is 1. The van der Waals surface area contributed by atoms with Gasteiger partial charge >= 0.3 is 5.97 Å². The standard InChI is InChI=1S/C37H54N6O8/c1-22-19-23(2)21-25(20-22)37(7,8)30(38-9)33(48)41-31(36(4,5)6)34(49)42(10)17-15-24(3)32(47)40-26(35(50)51)11-12-27(44)39-16-18-43-28(45)13-14-29(43)46/h13-15,19-21,26,30-31,38H,11-12,16-18H2,1-10H3,(H,39,44)(H,40,47)(H,41,48)(H,50,51)/b24-15+/t26-,30-,31?/m1/s1. The fourth-order valence-corrected chi connectivity index (χ4v) is 5.74. The second-order valence-corrected chi connectivity index (χ2v) is 14.6. The third-order valence-electron chi connectivity index (χ3n) is 8.87. The number of hydrogen-bond donors (Lipinski definition) is 5. The van der Waals surface area contributed by atoms with E-state index in [9.17, 15) is 38.7 Å². The number of carbonyl (C=O) groups is 7. The molecule has 0 fully saturated rings. The summed E-state index contributed by atoms with van der Waals surface area (Å²) in [7, 11) is 3.26. The van der Waals surface area contributed by atoms with Crippen molar-refractivity contribution in [2.75, 3.05) is 33.7 Å². The summed E-state index contributed by atoms with van der Waals surface area (Å²) in [4.78, 5) is 90.1. The van der Waals surface area contributed by atoms with E-state index >= 15 is 0 Å². The molecule has 0 aromatic heterocycles. The number of nitrogens with one attached hydrogen (secondary N) is 4. The minimum Gasteiger partial charge on any atom is -0.480 e. The minimum absolute atomic E-state index is 0.00173. The van der Waals surface area contributed by atoms with Crippen LogP contribution in [0.5, 0.6) is 0 Å². The molecule has 1 aliphatic heterocycles. The Morgan fingerprint density at radius 2 is 1.49 bits per heavy atom. The zero-order valence-electron chi connectivity index (χ0n) is 31.4. The Bertz CT molecular complexity index is 1540. The number of hydrogen-bond acceptors (Lipinski definition) is 8. The lowest BCUT2D eigenvalue weighted by Crippen LogP contribution is -2.60. The van der Waals surface area contributed by atoms with E-state index in [1.54, 1.807) is 14.1 Å². The smallest absolute Gasteiger partial charge is 0.326 e. The second-order valence-electron chi connectivity index (χ2n) is 14.6. The highest BCUT2D eigenvalue weighted by atomic mass is 16.4. The molecule has 6 amide bonds. The Hall–Kier alpha value is -4.85. The van der Waals surface area contributed by atoms with E-state index < -0.39 is 58.6 Å². The average molecular weight is 711 g/mol. The predicted octanol–water partition coefficient (Wildman–Crippen LogP) is 1.50. The van der Waals surface area contributed by atoms with Gasteiger partial charge in [0.1, 0.15) is 12.1 Å². The highest BCUT2D eigenvalue weighted by Crippen LogP contribution is 2.30. The molecule has 2 rings (SSSR count). The van der Waals surface area contributed by atoms with Crippen molar-refractivity contribution in [2.45, 2.75) is 91.8 Å². The number of carboxylic acid groups (broad SMARTS) is 1. The van der Waals surface area contributed by atoms with E-state index in [2.05, 4.69) is 39.5 Å². The molecule has 0 bridgehead atoms. The quantitative estimate of drug-likeness (QED) is 0.118. The maximum Gasteiger partial charge on any atom is 0.326 e. The first-order valence-electron chi connectivity index (χ1n) is 16.9.